The van der Waals surface area contributed by atoms with Gasteiger partial charge in [-0.2, -0.15) is 0 Å². The number of hydrogen-bond acceptors (Lipinski definition) is 4. The lowest BCUT2D eigenvalue weighted by molar-refractivity contribution is 0.0544. The van der Waals surface area contributed by atoms with E-state index in [0.29, 0.717) is 5.92 Å². The minimum Gasteiger partial charge on any atom is -0.373 e. The SMILES string of the molecule is CCCCCCCCCCCCCCCCO[Si](CCC(C)c1cccs1)(OCCCCCCCCCCCC)OCCCCCCCCCCCCCC. The fourth-order valence-electron chi connectivity index (χ4n) is 7.96. The molecule has 0 saturated heterocycles. The molecule has 0 saturated carbocycles. The summed E-state index contributed by atoms with van der Waals surface area (Å²) in [5.41, 5.74) is 0. The Balaban J connectivity index is 2.55. The zero-order chi connectivity index (χ0) is 39.6. The Kier molecular flexibility index (Phi) is 40.3. The molecular formula is C50H98O3SSi. The molecule has 0 aliphatic heterocycles. The molecular weight excluding hydrogens is 709 g/mol. The molecule has 3 nitrogen and oxygen atoms in total. The normalized spacial score (nSPS) is 13.5. The predicted octanol–water partition coefficient (Wildman–Crippen LogP) is 18.3. The summed E-state index contributed by atoms with van der Waals surface area (Å²) in [6.07, 6.45) is 50.4. The summed E-state index contributed by atoms with van der Waals surface area (Å²) in [5, 5.41) is 2.22. The van der Waals surface area contributed by atoms with Gasteiger partial charge in [0.2, 0.25) is 0 Å². The molecule has 0 bridgehead atoms. The first-order chi connectivity index (χ1) is 27.2. The Morgan fingerprint density at radius 1 is 0.418 bits per heavy atom. The van der Waals surface area contributed by atoms with Crippen molar-refractivity contribution in [1.82, 2.24) is 0 Å². The van der Waals surface area contributed by atoms with Crippen molar-refractivity contribution in [1.29, 1.82) is 0 Å². The summed E-state index contributed by atoms with van der Waals surface area (Å²) in [4.78, 5) is 1.48. The molecule has 0 radical (unpaired) electrons. The van der Waals surface area contributed by atoms with Crippen LogP contribution >= 0.6 is 11.3 Å². The van der Waals surface area contributed by atoms with Crippen molar-refractivity contribution in [2.75, 3.05) is 19.8 Å². The summed E-state index contributed by atoms with van der Waals surface area (Å²) in [5.74, 6) is 0.521. The smallest absolute Gasteiger partial charge is 0.373 e. The molecule has 0 aliphatic rings. The Labute approximate surface area is 351 Å². The molecule has 5 heteroatoms. The zero-order valence-corrected chi connectivity index (χ0v) is 39.8. The largest absolute Gasteiger partial charge is 0.500 e. The lowest BCUT2D eigenvalue weighted by Gasteiger charge is -2.31. The summed E-state index contributed by atoms with van der Waals surface area (Å²) in [6.45, 7) is 11.7. The molecule has 2 unspecified atom stereocenters. The fraction of sp³-hybridized carbons (Fsp3) is 0.920. The fourth-order valence-corrected chi connectivity index (χ4v) is 11.6. The molecule has 0 aromatic carbocycles. The van der Waals surface area contributed by atoms with E-state index >= 15 is 0 Å². The number of hydrogen-bond donors (Lipinski definition) is 0. The van der Waals surface area contributed by atoms with Crippen LogP contribution in [-0.4, -0.2) is 28.6 Å². The van der Waals surface area contributed by atoms with Gasteiger partial charge in [-0.1, -0.05) is 246 Å². The summed E-state index contributed by atoms with van der Waals surface area (Å²) >= 11 is 1.89. The van der Waals surface area contributed by atoms with Crippen molar-refractivity contribution >= 4 is 20.1 Å². The first kappa shape index (κ1) is 52.8. The van der Waals surface area contributed by atoms with Gasteiger partial charge in [0, 0.05) is 30.7 Å². The van der Waals surface area contributed by atoms with Crippen molar-refractivity contribution in [2.24, 2.45) is 0 Å². The van der Waals surface area contributed by atoms with E-state index < -0.39 is 8.80 Å². The second-order valence-corrected chi connectivity index (χ2v) is 21.1. The van der Waals surface area contributed by atoms with E-state index in [-0.39, 0.29) is 0 Å². The Bertz CT molecular complexity index is 850. The Morgan fingerprint density at radius 3 is 0.945 bits per heavy atom. The van der Waals surface area contributed by atoms with Crippen LogP contribution < -0.4 is 0 Å². The molecule has 1 aromatic heterocycles. The van der Waals surface area contributed by atoms with Gasteiger partial charge < -0.3 is 13.3 Å². The molecule has 55 heavy (non-hydrogen) atoms. The van der Waals surface area contributed by atoms with Crippen LogP contribution in [0.2, 0.25) is 6.04 Å². The van der Waals surface area contributed by atoms with Crippen molar-refractivity contribution in [3.05, 3.63) is 22.4 Å². The van der Waals surface area contributed by atoms with Crippen molar-refractivity contribution in [2.45, 2.75) is 277 Å². The first-order valence-corrected chi connectivity index (χ1v) is 27.9. The summed E-state index contributed by atoms with van der Waals surface area (Å²) in [6, 6.07) is 5.44. The summed E-state index contributed by atoms with van der Waals surface area (Å²) in [7, 11) is -2.77. The molecule has 1 heterocycles. The van der Waals surface area contributed by atoms with E-state index in [1.54, 1.807) is 0 Å². The van der Waals surface area contributed by atoms with Crippen LogP contribution in [0.25, 0.3) is 0 Å². The highest BCUT2D eigenvalue weighted by Crippen LogP contribution is 2.30. The predicted molar refractivity (Wildman–Crippen MR) is 249 cm³/mol. The van der Waals surface area contributed by atoms with Crippen molar-refractivity contribution < 1.29 is 13.3 Å². The lowest BCUT2D eigenvalue weighted by atomic mass is 10.0. The molecule has 0 N–H and O–H groups in total. The Morgan fingerprint density at radius 2 is 0.691 bits per heavy atom. The van der Waals surface area contributed by atoms with Crippen LogP contribution in [0, 0.1) is 0 Å². The van der Waals surface area contributed by atoms with Crippen LogP contribution in [0.3, 0.4) is 0 Å². The van der Waals surface area contributed by atoms with Crippen LogP contribution in [-0.2, 0) is 13.3 Å². The number of unbranched alkanes of at least 4 members (excludes halogenated alkanes) is 33. The quantitative estimate of drug-likeness (QED) is 0.0485. The highest BCUT2D eigenvalue weighted by Gasteiger charge is 2.41. The van der Waals surface area contributed by atoms with Crippen LogP contribution in [0.15, 0.2) is 17.5 Å². The molecule has 0 fully saturated rings. The molecule has 2 atom stereocenters. The van der Waals surface area contributed by atoms with Gasteiger partial charge in [0.15, 0.2) is 0 Å². The maximum Gasteiger partial charge on any atom is 0.500 e. The minimum atomic E-state index is -2.77. The highest BCUT2D eigenvalue weighted by atomic mass is 32.1. The Hall–Kier alpha value is -0.203. The van der Waals surface area contributed by atoms with Crippen LogP contribution in [0.1, 0.15) is 276 Å². The van der Waals surface area contributed by atoms with Gasteiger partial charge in [-0.25, -0.2) is 0 Å². The van der Waals surface area contributed by atoms with Gasteiger partial charge in [-0.05, 0) is 43.0 Å². The average molecular weight is 807 g/mol. The second kappa shape index (κ2) is 41.9. The van der Waals surface area contributed by atoms with E-state index in [9.17, 15) is 0 Å². The third-order valence-electron chi connectivity index (χ3n) is 11.9. The minimum absolute atomic E-state index is 0.521. The molecule has 326 valence electrons. The second-order valence-electron chi connectivity index (χ2n) is 17.4. The molecule has 0 spiro atoms. The van der Waals surface area contributed by atoms with E-state index in [1.165, 1.54) is 217 Å². The first-order valence-electron chi connectivity index (χ1n) is 25.1. The molecule has 0 aliphatic carbocycles. The van der Waals surface area contributed by atoms with Gasteiger partial charge in [0.05, 0.1) is 0 Å². The van der Waals surface area contributed by atoms with Gasteiger partial charge in [0.25, 0.3) is 0 Å². The molecule has 0 amide bonds. The number of rotatable bonds is 46. The third-order valence-corrected chi connectivity index (χ3v) is 15.8. The maximum atomic E-state index is 6.90. The standard InChI is InChI=1S/C50H98O3SSi/c1-5-8-11-14-17-20-23-25-26-28-31-34-37-40-46-53-55(48-43-49(4)50-42-41-47-54-50,51-44-38-35-32-29-22-19-16-13-10-7-3)52-45-39-36-33-30-27-24-21-18-15-12-9-6-2/h41-42,47,49H,5-40,43-46,48H2,1-4H3. The van der Waals surface area contributed by atoms with Gasteiger partial charge in [-0.15, -0.1) is 11.3 Å². The monoisotopic (exact) mass is 807 g/mol. The lowest BCUT2D eigenvalue weighted by Crippen LogP contribution is -2.47. The molecule has 1 aromatic rings. The van der Waals surface area contributed by atoms with E-state index in [0.717, 1.165) is 51.5 Å². The van der Waals surface area contributed by atoms with Crippen molar-refractivity contribution in [3.8, 4) is 0 Å². The topological polar surface area (TPSA) is 27.7 Å². The van der Waals surface area contributed by atoms with E-state index in [2.05, 4.69) is 45.2 Å². The van der Waals surface area contributed by atoms with E-state index in [1.807, 2.05) is 11.3 Å². The third kappa shape index (κ3) is 34.4. The molecule has 1 rings (SSSR count). The van der Waals surface area contributed by atoms with Gasteiger partial charge in [-0.3, -0.25) is 0 Å². The number of thiophene rings is 1. The zero-order valence-electron chi connectivity index (χ0n) is 37.9. The van der Waals surface area contributed by atoms with E-state index in [4.69, 9.17) is 13.3 Å². The highest BCUT2D eigenvalue weighted by molar-refractivity contribution is 7.10. The van der Waals surface area contributed by atoms with Crippen LogP contribution in [0.4, 0.5) is 0 Å². The van der Waals surface area contributed by atoms with Gasteiger partial charge >= 0.3 is 8.80 Å². The van der Waals surface area contributed by atoms with Gasteiger partial charge in [0.1, 0.15) is 0 Å². The van der Waals surface area contributed by atoms with Crippen LogP contribution in [0.5, 0.6) is 0 Å². The summed E-state index contributed by atoms with van der Waals surface area (Å²) < 4.78 is 20.7. The maximum absolute atomic E-state index is 6.90. The van der Waals surface area contributed by atoms with Crippen molar-refractivity contribution in [3.63, 3.8) is 0 Å². The average Bonchev–Trinajstić information content (AvgIpc) is 3.75.